The molecule has 2 aromatic heterocycles. The number of thioether (sulfide) groups is 1. The van der Waals surface area contributed by atoms with E-state index in [-0.39, 0.29) is 30.6 Å². The molecule has 48 heavy (non-hydrogen) atoms. The molecule has 246 valence electrons. The largest absolute Gasteiger partial charge is 0.355 e. The molecule has 1 unspecified atom stereocenters. The Kier molecular flexibility index (Phi) is 8.69. The molecule has 0 radical (unpaired) electrons. The van der Waals surface area contributed by atoms with Gasteiger partial charge in [0.25, 0.3) is 5.91 Å². The molecule has 2 aromatic carbocycles. The van der Waals surface area contributed by atoms with Gasteiger partial charge in [0.05, 0.1) is 12.1 Å². The number of halogens is 1. The summed E-state index contributed by atoms with van der Waals surface area (Å²) in [5, 5.41) is 15.9. The zero-order valence-electron chi connectivity index (χ0n) is 26.5. The van der Waals surface area contributed by atoms with Crippen LogP contribution in [0.15, 0.2) is 52.4 Å². The number of nitrogens with zero attached hydrogens (tertiary/aromatic N) is 5. The number of aromatic nitrogens is 3. The predicted molar refractivity (Wildman–Crippen MR) is 184 cm³/mol. The quantitative estimate of drug-likeness (QED) is 0.152. The standard InChI is InChI=1S/C34H32ClN7O4S2/c1-17-18(2)48-34-29(17)30(20-7-9-21(35)10-8-20)37-24(31-40-39-19(3)42(31)34)15-28(44)36-13-14-47-26-6-4-5-22-23(26)16-41(33(22)46)25-11-12-27(43)38-32(25)45/h4-10,24-25H,11-16H2,1-3H3,(H,36,44)(H,38,43,45)/t24-,25?/m0/s1. The Hall–Kier alpha value is -4.33. The fourth-order valence-electron chi connectivity index (χ4n) is 6.42. The van der Waals surface area contributed by atoms with Crippen molar-refractivity contribution in [2.45, 2.75) is 63.6 Å². The Morgan fingerprint density at radius 2 is 1.90 bits per heavy atom. The number of nitrogens with one attached hydrogen (secondary N) is 2. The molecule has 5 heterocycles. The van der Waals surface area contributed by atoms with Gasteiger partial charge in [-0.15, -0.1) is 33.3 Å². The molecule has 2 N–H and O–H groups in total. The second kappa shape index (κ2) is 12.9. The molecule has 4 aromatic rings. The molecular formula is C34H32ClN7O4S2. The molecule has 0 bridgehead atoms. The van der Waals surface area contributed by atoms with Crippen LogP contribution in [0.3, 0.4) is 0 Å². The Morgan fingerprint density at radius 3 is 2.67 bits per heavy atom. The number of imide groups is 1. The minimum absolute atomic E-state index is 0.0863. The summed E-state index contributed by atoms with van der Waals surface area (Å²) in [4.78, 5) is 59.5. The van der Waals surface area contributed by atoms with E-state index in [0.29, 0.717) is 41.7 Å². The molecule has 0 spiro atoms. The highest BCUT2D eigenvalue weighted by Crippen LogP contribution is 2.40. The number of piperidine rings is 1. The lowest BCUT2D eigenvalue weighted by Crippen LogP contribution is -2.52. The summed E-state index contributed by atoms with van der Waals surface area (Å²) in [5.41, 5.74) is 5.26. The van der Waals surface area contributed by atoms with Gasteiger partial charge < -0.3 is 10.2 Å². The van der Waals surface area contributed by atoms with E-state index in [2.05, 4.69) is 34.7 Å². The van der Waals surface area contributed by atoms with Crippen LogP contribution in [0, 0.1) is 20.8 Å². The lowest BCUT2D eigenvalue weighted by molar-refractivity contribution is -0.137. The predicted octanol–water partition coefficient (Wildman–Crippen LogP) is 4.86. The van der Waals surface area contributed by atoms with E-state index in [9.17, 15) is 19.2 Å². The Morgan fingerprint density at radius 1 is 1.10 bits per heavy atom. The summed E-state index contributed by atoms with van der Waals surface area (Å²) >= 11 is 9.42. The van der Waals surface area contributed by atoms with Crippen LogP contribution < -0.4 is 10.6 Å². The summed E-state index contributed by atoms with van der Waals surface area (Å²) in [7, 11) is 0. The molecule has 3 aliphatic heterocycles. The Bertz CT molecular complexity index is 2020. The van der Waals surface area contributed by atoms with Gasteiger partial charge in [0, 0.05) is 56.7 Å². The van der Waals surface area contributed by atoms with Gasteiger partial charge in [-0.25, -0.2) is 0 Å². The second-order valence-electron chi connectivity index (χ2n) is 12.0. The number of benzene rings is 2. The van der Waals surface area contributed by atoms with Crippen molar-refractivity contribution in [3.63, 3.8) is 0 Å². The topological polar surface area (TPSA) is 139 Å². The second-order valence-corrected chi connectivity index (χ2v) is 14.8. The number of rotatable bonds is 8. The van der Waals surface area contributed by atoms with Crippen molar-refractivity contribution in [1.82, 2.24) is 30.3 Å². The fraction of sp³-hybridized carbons (Fsp3) is 0.324. The molecule has 7 rings (SSSR count). The van der Waals surface area contributed by atoms with E-state index < -0.39 is 18.0 Å². The van der Waals surface area contributed by atoms with Crippen LogP contribution in [-0.4, -0.2) is 67.3 Å². The molecule has 2 atom stereocenters. The van der Waals surface area contributed by atoms with Crippen molar-refractivity contribution in [2.75, 3.05) is 12.3 Å². The van der Waals surface area contributed by atoms with Gasteiger partial charge in [0.2, 0.25) is 17.7 Å². The molecular weight excluding hydrogens is 670 g/mol. The van der Waals surface area contributed by atoms with E-state index in [1.807, 2.05) is 47.9 Å². The van der Waals surface area contributed by atoms with Gasteiger partial charge in [0.1, 0.15) is 22.9 Å². The number of aryl methyl sites for hydroxylation is 2. The summed E-state index contributed by atoms with van der Waals surface area (Å²) in [6.45, 7) is 6.78. The maximum atomic E-state index is 13.4. The van der Waals surface area contributed by atoms with E-state index in [1.54, 1.807) is 34.1 Å². The fourth-order valence-corrected chi connectivity index (χ4v) is 8.71. The number of hydrogen-bond acceptors (Lipinski definition) is 9. The number of amides is 4. The third-order valence-electron chi connectivity index (χ3n) is 8.96. The van der Waals surface area contributed by atoms with E-state index in [0.717, 1.165) is 43.7 Å². The van der Waals surface area contributed by atoms with E-state index in [1.165, 1.54) is 4.88 Å². The van der Waals surface area contributed by atoms with Gasteiger partial charge >= 0.3 is 0 Å². The molecule has 4 amide bonds. The highest BCUT2D eigenvalue weighted by Gasteiger charge is 2.40. The van der Waals surface area contributed by atoms with E-state index in [4.69, 9.17) is 16.6 Å². The first-order valence-corrected chi connectivity index (χ1v) is 17.8. The zero-order chi connectivity index (χ0) is 33.7. The minimum atomic E-state index is -0.667. The van der Waals surface area contributed by atoms with Crippen LogP contribution in [0.5, 0.6) is 0 Å². The lowest BCUT2D eigenvalue weighted by atomic mass is 9.99. The van der Waals surface area contributed by atoms with Crippen molar-refractivity contribution in [3.05, 3.63) is 91.8 Å². The zero-order valence-corrected chi connectivity index (χ0v) is 28.9. The SMILES string of the molecule is Cc1sc2c(c1C)C(c1ccc(Cl)cc1)=N[C@@H](CC(=O)NCCSc1cccc3c1CN(C1CCC(=O)NC1=O)C3=O)c1nnc(C)n1-2. The third kappa shape index (κ3) is 5.84. The van der Waals surface area contributed by atoms with Crippen molar-refractivity contribution in [1.29, 1.82) is 0 Å². The molecule has 0 saturated carbocycles. The number of aliphatic imine (C=N–C) groups is 1. The van der Waals surface area contributed by atoms with Crippen molar-refractivity contribution < 1.29 is 19.2 Å². The normalized spacial score (nSPS) is 18.5. The monoisotopic (exact) mass is 701 g/mol. The summed E-state index contributed by atoms with van der Waals surface area (Å²) < 4.78 is 2.02. The van der Waals surface area contributed by atoms with Crippen molar-refractivity contribution in [2.24, 2.45) is 4.99 Å². The Labute approximate surface area is 290 Å². The van der Waals surface area contributed by atoms with Gasteiger partial charge in [-0.05, 0) is 62.6 Å². The average molecular weight is 702 g/mol. The molecule has 14 heteroatoms. The number of carbonyl (C=O) groups excluding carboxylic acids is 4. The smallest absolute Gasteiger partial charge is 0.255 e. The molecule has 1 saturated heterocycles. The maximum Gasteiger partial charge on any atom is 0.255 e. The van der Waals surface area contributed by atoms with Crippen LogP contribution in [0.4, 0.5) is 0 Å². The molecule has 3 aliphatic rings. The van der Waals surface area contributed by atoms with Gasteiger partial charge in [-0.2, -0.15) is 0 Å². The summed E-state index contributed by atoms with van der Waals surface area (Å²) in [6, 6.07) is 11.9. The third-order valence-corrected chi connectivity index (χ3v) is 11.5. The first kappa shape index (κ1) is 32.2. The van der Waals surface area contributed by atoms with Crippen LogP contribution in [0.1, 0.15) is 74.4 Å². The van der Waals surface area contributed by atoms with Crippen LogP contribution >= 0.6 is 34.7 Å². The first-order chi connectivity index (χ1) is 23.1. The average Bonchev–Trinajstić information content (AvgIpc) is 3.67. The molecule has 11 nitrogen and oxygen atoms in total. The van der Waals surface area contributed by atoms with Crippen LogP contribution in [0.25, 0.3) is 5.00 Å². The number of fused-ring (bicyclic) bond motifs is 4. The van der Waals surface area contributed by atoms with Crippen LogP contribution in [-0.2, 0) is 20.9 Å². The van der Waals surface area contributed by atoms with Crippen molar-refractivity contribution in [3.8, 4) is 5.00 Å². The molecule has 0 aliphatic carbocycles. The summed E-state index contributed by atoms with van der Waals surface area (Å²) in [6.07, 6.45) is 0.607. The van der Waals surface area contributed by atoms with Crippen molar-refractivity contribution >= 4 is 64.0 Å². The highest BCUT2D eigenvalue weighted by molar-refractivity contribution is 7.99. The van der Waals surface area contributed by atoms with Gasteiger partial charge in [-0.1, -0.05) is 29.8 Å². The highest BCUT2D eigenvalue weighted by atomic mass is 35.5. The number of carbonyl (C=O) groups is 4. The van der Waals surface area contributed by atoms with E-state index >= 15 is 0 Å². The van der Waals surface area contributed by atoms with Crippen LogP contribution in [0.2, 0.25) is 5.02 Å². The Balaban J connectivity index is 1.05. The maximum absolute atomic E-state index is 13.4. The summed E-state index contributed by atoms with van der Waals surface area (Å²) in [5.74, 6) is 0.800. The minimum Gasteiger partial charge on any atom is -0.355 e. The first-order valence-electron chi connectivity index (χ1n) is 15.6. The van der Waals surface area contributed by atoms with Gasteiger partial charge in [-0.3, -0.25) is 34.1 Å². The molecule has 1 fully saturated rings. The lowest BCUT2D eigenvalue weighted by Gasteiger charge is -2.29. The number of thiophene rings is 1. The number of hydrogen-bond donors (Lipinski definition) is 2. The van der Waals surface area contributed by atoms with Gasteiger partial charge in [0.15, 0.2) is 5.82 Å².